The van der Waals surface area contributed by atoms with Crippen molar-refractivity contribution in [2.75, 3.05) is 20.8 Å². The zero-order valence-electron chi connectivity index (χ0n) is 18.0. The third kappa shape index (κ3) is 4.02. The minimum absolute atomic E-state index is 0.247. The molecule has 0 radical (unpaired) electrons. The Morgan fingerprint density at radius 2 is 1.87 bits per heavy atom. The predicted octanol–water partition coefficient (Wildman–Crippen LogP) is 5.39. The first-order valence-corrected chi connectivity index (χ1v) is 12.1. The third-order valence-corrected chi connectivity index (χ3v) is 7.96. The molecule has 7 nitrogen and oxygen atoms in total. The lowest BCUT2D eigenvalue weighted by Gasteiger charge is -2.37. The summed E-state index contributed by atoms with van der Waals surface area (Å²) in [6.45, 7) is 8.05. The summed E-state index contributed by atoms with van der Waals surface area (Å²) in [5, 5.41) is 2.33. The number of carbonyl (C=O) groups is 1. The molecule has 0 aromatic heterocycles. The van der Waals surface area contributed by atoms with Crippen molar-refractivity contribution >= 4 is 30.5 Å². The molecule has 3 rings (SSSR count). The minimum Gasteiger partial charge on any atom is -0.463 e. The molecule has 2 aliphatic rings. The summed E-state index contributed by atoms with van der Waals surface area (Å²) in [6.07, 6.45) is 0. The van der Waals surface area contributed by atoms with E-state index in [1.54, 1.807) is 24.2 Å². The largest absolute Gasteiger partial charge is 0.463 e. The maximum absolute atomic E-state index is 13.3. The van der Waals surface area contributed by atoms with Crippen molar-refractivity contribution < 1.29 is 23.1 Å². The molecule has 0 amide bonds. The van der Waals surface area contributed by atoms with Crippen LogP contribution in [0.25, 0.3) is 0 Å². The topological polar surface area (TPSA) is 77.4 Å². The number of aliphatic imine (C=N–C) groups is 1. The van der Waals surface area contributed by atoms with E-state index >= 15 is 0 Å². The second kappa shape index (κ2) is 9.10. The molecule has 2 heterocycles. The van der Waals surface area contributed by atoms with Crippen LogP contribution in [0.15, 0.2) is 51.4 Å². The number of carbonyl (C=O) groups excluding carboxylic acids is 1. The highest BCUT2D eigenvalue weighted by Crippen LogP contribution is 2.62. The Bertz CT molecular complexity index is 960. The lowest BCUT2D eigenvalue weighted by atomic mass is 9.92. The lowest BCUT2D eigenvalue weighted by Crippen LogP contribution is -2.36. The van der Waals surface area contributed by atoms with Gasteiger partial charge < -0.3 is 18.7 Å². The molecule has 1 unspecified atom stereocenters. The number of hydrogen-bond acceptors (Lipinski definition) is 8. The van der Waals surface area contributed by atoms with Crippen LogP contribution in [-0.4, -0.2) is 36.9 Å². The number of amidine groups is 1. The van der Waals surface area contributed by atoms with Crippen molar-refractivity contribution in [1.29, 1.82) is 0 Å². The van der Waals surface area contributed by atoms with Crippen LogP contribution in [-0.2, 0) is 23.1 Å². The van der Waals surface area contributed by atoms with Crippen LogP contribution in [0.5, 0.6) is 0 Å². The molecule has 0 bridgehead atoms. The Kier molecular flexibility index (Phi) is 6.92. The highest BCUT2D eigenvalue weighted by molar-refractivity contribution is 8.16. The van der Waals surface area contributed by atoms with E-state index in [-0.39, 0.29) is 6.61 Å². The molecule has 1 aromatic rings. The number of fused-ring (bicyclic) bond motifs is 1. The van der Waals surface area contributed by atoms with Gasteiger partial charge in [0, 0.05) is 19.6 Å². The van der Waals surface area contributed by atoms with Crippen LogP contribution in [0.3, 0.4) is 0 Å². The van der Waals surface area contributed by atoms with Gasteiger partial charge in [-0.3, -0.25) is 4.57 Å². The number of hydrogen-bond donors (Lipinski definition) is 0. The highest BCUT2D eigenvalue weighted by Gasteiger charge is 2.47. The van der Waals surface area contributed by atoms with E-state index < -0.39 is 19.6 Å². The van der Waals surface area contributed by atoms with Crippen molar-refractivity contribution in [2.24, 2.45) is 4.99 Å². The molecule has 9 heteroatoms. The number of nitrogens with zero attached hydrogens (tertiary/aromatic N) is 2. The van der Waals surface area contributed by atoms with E-state index in [1.165, 1.54) is 31.5 Å². The average molecular weight is 450 g/mol. The summed E-state index contributed by atoms with van der Waals surface area (Å²) in [5.74, 6) is -0.0685. The van der Waals surface area contributed by atoms with E-state index in [1.807, 2.05) is 24.3 Å². The van der Waals surface area contributed by atoms with Crippen molar-refractivity contribution in [3.8, 4) is 0 Å². The third-order valence-electron chi connectivity index (χ3n) is 5.08. The Morgan fingerprint density at radius 3 is 2.40 bits per heavy atom. The summed E-state index contributed by atoms with van der Waals surface area (Å²) in [4.78, 5) is 19.3. The summed E-state index contributed by atoms with van der Waals surface area (Å²) >= 11 is 1.32. The van der Waals surface area contributed by atoms with Gasteiger partial charge in [-0.25, -0.2) is 9.79 Å². The summed E-state index contributed by atoms with van der Waals surface area (Å²) < 4.78 is 29.1. The molecule has 2 aliphatic heterocycles. The van der Waals surface area contributed by atoms with Crippen LogP contribution in [0, 0.1) is 0 Å². The molecule has 0 N–H and O–H groups in total. The smallest absolute Gasteiger partial charge is 0.377 e. The first kappa shape index (κ1) is 22.8. The van der Waals surface area contributed by atoms with Gasteiger partial charge in [0.05, 0.1) is 23.9 Å². The van der Waals surface area contributed by atoms with Crippen LogP contribution in [0.4, 0.5) is 0 Å². The second-order valence-corrected chi connectivity index (χ2v) is 10.2. The molecule has 1 aromatic carbocycles. The molecule has 0 spiro atoms. The van der Waals surface area contributed by atoms with Gasteiger partial charge in [-0.2, -0.15) is 0 Å². The van der Waals surface area contributed by atoms with Gasteiger partial charge in [0.2, 0.25) is 0 Å². The number of ether oxygens (including phenoxy) is 1. The van der Waals surface area contributed by atoms with Crippen LogP contribution >= 0.6 is 19.4 Å². The molecule has 162 valence electrons. The first-order valence-electron chi connectivity index (χ1n) is 9.72. The van der Waals surface area contributed by atoms with Crippen LogP contribution in [0.1, 0.15) is 50.8 Å². The zero-order valence-corrected chi connectivity index (χ0v) is 19.8. The molecule has 0 saturated heterocycles. The maximum Gasteiger partial charge on any atom is 0.377 e. The monoisotopic (exact) mass is 450 g/mol. The van der Waals surface area contributed by atoms with Crippen molar-refractivity contribution in [3.63, 3.8) is 0 Å². The predicted molar refractivity (Wildman–Crippen MR) is 119 cm³/mol. The SMILES string of the molecule is CCOC(=O)C1=C(C)N=C2SC=C(P(=O)(OC)OC)N2C1c1ccc(C(C)C)cc1. The fourth-order valence-corrected chi connectivity index (χ4v) is 6.05. The second-order valence-electron chi connectivity index (χ2n) is 7.16. The molecular formula is C21H27N2O5PS. The fraction of sp³-hybridized carbons (Fsp3) is 0.429. The van der Waals surface area contributed by atoms with Gasteiger partial charge in [-0.15, -0.1) is 0 Å². The van der Waals surface area contributed by atoms with Crippen LogP contribution in [0.2, 0.25) is 0 Å². The van der Waals surface area contributed by atoms with E-state index in [4.69, 9.17) is 13.8 Å². The Morgan fingerprint density at radius 1 is 1.23 bits per heavy atom. The minimum atomic E-state index is -3.58. The van der Waals surface area contributed by atoms with E-state index in [2.05, 4.69) is 18.8 Å². The first-order chi connectivity index (χ1) is 14.3. The van der Waals surface area contributed by atoms with Crippen LogP contribution < -0.4 is 0 Å². The van der Waals surface area contributed by atoms with Gasteiger partial charge in [0.1, 0.15) is 5.44 Å². The number of allylic oxidation sites excluding steroid dienone is 1. The van der Waals surface area contributed by atoms with Gasteiger partial charge in [-0.1, -0.05) is 49.9 Å². The van der Waals surface area contributed by atoms with Gasteiger partial charge in [-0.05, 0) is 30.9 Å². The Balaban J connectivity index is 2.17. The molecular weight excluding hydrogens is 423 g/mol. The standard InChI is InChI=1S/C21H27N2O5PS/c1-7-28-20(24)18-14(4)22-21-23(17(12-30-21)29(25,26-5)27-6)19(18)16-10-8-15(9-11-16)13(2)3/h8-13,19H,7H2,1-6H3. The lowest BCUT2D eigenvalue weighted by molar-refractivity contribution is -0.139. The Hall–Kier alpha value is -1.86. The summed E-state index contributed by atoms with van der Waals surface area (Å²) in [5.41, 5.74) is 3.38. The van der Waals surface area contributed by atoms with Crippen molar-refractivity contribution in [2.45, 2.75) is 39.7 Å². The fourth-order valence-electron chi connectivity index (χ4n) is 3.48. The van der Waals surface area contributed by atoms with E-state index in [0.717, 1.165) is 5.56 Å². The number of thioether (sulfide) groups is 1. The average Bonchev–Trinajstić information content (AvgIpc) is 3.16. The number of rotatable bonds is 7. The van der Waals surface area contributed by atoms with Gasteiger partial charge in [0.15, 0.2) is 5.17 Å². The Labute approximate surface area is 181 Å². The van der Waals surface area contributed by atoms with E-state index in [0.29, 0.717) is 27.8 Å². The van der Waals surface area contributed by atoms with E-state index in [9.17, 15) is 9.36 Å². The summed E-state index contributed by atoms with van der Waals surface area (Å²) in [7, 11) is -0.898. The van der Waals surface area contributed by atoms with Crippen molar-refractivity contribution in [1.82, 2.24) is 4.90 Å². The summed E-state index contributed by atoms with van der Waals surface area (Å²) in [6, 6.07) is 7.50. The number of benzene rings is 1. The zero-order chi connectivity index (χ0) is 22.1. The van der Waals surface area contributed by atoms with Gasteiger partial charge >= 0.3 is 13.6 Å². The van der Waals surface area contributed by atoms with Crippen molar-refractivity contribution in [3.05, 3.63) is 57.5 Å². The maximum atomic E-state index is 13.3. The molecule has 30 heavy (non-hydrogen) atoms. The van der Waals surface area contributed by atoms with Gasteiger partial charge in [0.25, 0.3) is 0 Å². The molecule has 0 saturated carbocycles. The highest BCUT2D eigenvalue weighted by atomic mass is 32.2. The molecule has 0 aliphatic carbocycles. The normalized spacial score (nSPS) is 19.0. The molecule has 1 atom stereocenters. The molecule has 0 fully saturated rings. The quantitative estimate of drug-likeness (QED) is 0.407. The number of esters is 1.